The number of carbonyl (C=O) groups excluding carboxylic acids is 5. The van der Waals surface area contributed by atoms with Gasteiger partial charge in [-0.3, -0.25) is 34.2 Å². The molecule has 12 nitrogen and oxygen atoms in total. The Morgan fingerprint density at radius 3 is 2.32 bits per heavy atom. The predicted octanol–water partition coefficient (Wildman–Crippen LogP) is 0.893. The van der Waals surface area contributed by atoms with Gasteiger partial charge in [0.15, 0.2) is 0 Å². The average Bonchev–Trinajstić information content (AvgIpc) is 3.12. The van der Waals surface area contributed by atoms with E-state index in [1.165, 1.54) is 0 Å². The van der Waals surface area contributed by atoms with Gasteiger partial charge in [-0.05, 0) is 25.0 Å². The van der Waals surface area contributed by atoms with E-state index in [1.54, 1.807) is 18.2 Å². The molecule has 0 radical (unpaired) electrons. The lowest BCUT2D eigenvalue weighted by Crippen LogP contribution is -2.54. The van der Waals surface area contributed by atoms with E-state index in [0.29, 0.717) is 58.3 Å². The van der Waals surface area contributed by atoms with Gasteiger partial charge in [0, 0.05) is 25.1 Å². The van der Waals surface area contributed by atoms with Crippen molar-refractivity contribution < 1.29 is 42.9 Å². The van der Waals surface area contributed by atoms with E-state index in [4.69, 9.17) is 18.9 Å². The van der Waals surface area contributed by atoms with Crippen LogP contribution >= 0.6 is 0 Å². The molecule has 0 aliphatic carbocycles. The number of esters is 1. The monoisotopic (exact) mass is 519 g/mol. The smallest absolute Gasteiger partial charge is 0.305 e. The number of benzene rings is 1. The summed E-state index contributed by atoms with van der Waals surface area (Å²) in [7, 11) is 0. The largest absolute Gasteiger partial charge is 0.463 e. The Morgan fingerprint density at radius 1 is 0.973 bits per heavy atom. The first-order valence-electron chi connectivity index (χ1n) is 12.4. The Hall–Kier alpha value is -3.35. The van der Waals surface area contributed by atoms with E-state index in [2.05, 4.69) is 10.6 Å². The van der Waals surface area contributed by atoms with E-state index in [-0.39, 0.29) is 36.5 Å². The van der Waals surface area contributed by atoms with Crippen LogP contribution in [0.5, 0.6) is 0 Å². The Labute approximate surface area is 214 Å². The summed E-state index contributed by atoms with van der Waals surface area (Å²) in [6.07, 6.45) is 1.34. The second-order valence-corrected chi connectivity index (χ2v) is 8.41. The lowest BCUT2D eigenvalue weighted by Gasteiger charge is -2.27. The number of carbonyl (C=O) groups is 5. The number of nitrogens with zero attached hydrogens (tertiary/aromatic N) is 1. The number of anilines is 1. The van der Waals surface area contributed by atoms with Gasteiger partial charge in [-0.25, -0.2) is 0 Å². The highest BCUT2D eigenvalue weighted by atomic mass is 16.6. The molecule has 1 saturated heterocycles. The molecule has 2 heterocycles. The molecule has 1 unspecified atom stereocenters. The minimum absolute atomic E-state index is 0.0687. The standard InChI is InChI=1S/C25H33N3O9/c1-2-4-21(30)37-16-15-36-14-13-35-12-11-34-10-9-26-18-6-3-5-17-22(18)25(33)28(24(17)32)19-7-8-20(29)27-23(19)31/h3,5-6,19,26H,2,4,7-16H2,1H3,(H,27,29,31). The zero-order valence-corrected chi connectivity index (χ0v) is 20.9. The van der Waals surface area contributed by atoms with Crippen LogP contribution in [0.1, 0.15) is 53.3 Å². The number of hydrogen-bond acceptors (Lipinski definition) is 10. The molecule has 202 valence electrons. The van der Waals surface area contributed by atoms with E-state index in [0.717, 1.165) is 11.3 Å². The second-order valence-electron chi connectivity index (χ2n) is 8.41. The minimum atomic E-state index is -1.00. The van der Waals surface area contributed by atoms with Gasteiger partial charge < -0.3 is 24.3 Å². The normalized spacial score (nSPS) is 17.1. The molecule has 1 aromatic rings. The van der Waals surface area contributed by atoms with E-state index >= 15 is 0 Å². The van der Waals surface area contributed by atoms with Gasteiger partial charge in [-0.15, -0.1) is 0 Å². The molecule has 2 N–H and O–H groups in total. The number of hydrogen-bond donors (Lipinski definition) is 2. The van der Waals surface area contributed by atoms with Crippen molar-refractivity contribution in [1.29, 1.82) is 0 Å². The summed E-state index contributed by atoms with van der Waals surface area (Å²) in [5.74, 6) is -2.39. The molecular formula is C25H33N3O9. The minimum Gasteiger partial charge on any atom is -0.463 e. The third-order valence-corrected chi connectivity index (χ3v) is 5.72. The van der Waals surface area contributed by atoms with Crippen molar-refractivity contribution in [2.45, 2.75) is 38.6 Å². The van der Waals surface area contributed by atoms with Crippen LogP contribution in [-0.2, 0) is 33.3 Å². The Bertz CT molecular complexity index is 998. The Kier molecular flexibility index (Phi) is 11.0. The highest BCUT2D eigenvalue weighted by molar-refractivity contribution is 6.25. The lowest BCUT2D eigenvalue weighted by molar-refractivity contribution is -0.145. The fourth-order valence-corrected chi connectivity index (χ4v) is 3.95. The van der Waals surface area contributed by atoms with Crippen LogP contribution in [0.4, 0.5) is 5.69 Å². The van der Waals surface area contributed by atoms with E-state index in [9.17, 15) is 24.0 Å². The highest BCUT2D eigenvalue weighted by Gasteiger charge is 2.45. The van der Waals surface area contributed by atoms with Gasteiger partial charge in [-0.2, -0.15) is 0 Å². The van der Waals surface area contributed by atoms with Crippen LogP contribution in [0, 0.1) is 0 Å². The zero-order valence-electron chi connectivity index (χ0n) is 20.9. The number of rotatable bonds is 16. The number of amides is 4. The van der Waals surface area contributed by atoms with Crippen molar-refractivity contribution in [2.24, 2.45) is 0 Å². The van der Waals surface area contributed by atoms with Gasteiger partial charge in [0.2, 0.25) is 11.8 Å². The number of ether oxygens (including phenoxy) is 4. The highest BCUT2D eigenvalue weighted by Crippen LogP contribution is 2.32. The molecule has 1 aromatic carbocycles. The van der Waals surface area contributed by atoms with Crippen LogP contribution < -0.4 is 10.6 Å². The lowest BCUT2D eigenvalue weighted by atomic mass is 10.0. The molecule has 3 rings (SSSR count). The van der Waals surface area contributed by atoms with Crippen LogP contribution in [0.2, 0.25) is 0 Å². The van der Waals surface area contributed by atoms with Crippen molar-refractivity contribution in [2.75, 3.05) is 58.1 Å². The second kappa shape index (κ2) is 14.4. The number of fused-ring (bicyclic) bond motifs is 1. The predicted molar refractivity (Wildman–Crippen MR) is 130 cm³/mol. The van der Waals surface area contributed by atoms with E-state index in [1.807, 2.05) is 6.92 Å². The summed E-state index contributed by atoms with van der Waals surface area (Å²) < 4.78 is 21.2. The Morgan fingerprint density at radius 2 is 1.65 bits per heavy atom. The summed E-state index contributed by atoms with van der Waals surface area (Å²) in [4.78, 5) is 61.7. The van der Waals surface area contributed by atoms with Gasteiger partial charge in [0.05, 0.1) is 50.8 Å². The number of nitrogens with one attached hydrogen (secondary N) is 2. The first-order valence-corrected chi connectivity index (χ1v) is 12.4. The fourth-order valence-electron chi connectivity index (χ4n) is 3.95. The maximum atomic E-state index is 13.0. The van der Waals surface area contributed by atoms with E-state index < -0.39 is 29.7 Å². The topological polar surface area (TPSA) is 150 Å². The molecule has 0 saturated carbocycles. The van der Waals surface area contributed by atoms with Crippen LogP contribution in [-0.4, -0.2) is 93.3 Å². The first kappa shape index (κ1) is 28.2. The number of imide groups is 2. The van der Waals surface area contributed by atoms with Crippen molar-refractivity contribution in [1.82, 2.24) is 10.2 Å². The van der Waals surface area contributed by atoms with Gasteiger partial charge >= 0.3 is 5.97 Å². The van der Waals surface area contributed by atoms with Crippen LogP contribution in [0.15, 0.2) is 18.2 Å². The quantitative estimate of drug-likeness (QED) is 0.183. The molecular weight excluding hydrogens is 486 g/mol. The van der Waals surface area contributed by atoms with Crippen LogP contribution in [0.3, 0.4) is 0 Å². The first-order chi connectivity index (χ1) is 17.9. The molecule has 1 atom stereocenters. The summed E-state index contributed by atoms with van der Waals surface area (Å²) in [5.41, 5.74) is 0.902. The summed E-state index contributed by atoms with van der Waals surface area (Å²) in [6.45, 7) is 4.71. The molecule has 1 fully saturated rings. The van der Waals surface area contributed by atoms with Gasteiger partial charge in [0.25, 0.3) is 11.8 Å². The molecule has 37 heavy (non-hydrogen) atoms. The maximum Gasteiger partial charge on any atom is 0.305 e. The summed E-state index contributed by atoms with van der Waals surface area (Å²) in [6, 6.07) is 3.89. The summed E-state index contributed by atoms with van der Waals surface area (Å²) >= 11 is 0. The van der Waals surface area contributed by atoms with Gasteiger partial charge in [-0.1, -0.05) is 13.0 Å². The SMILES string of the molecule is CCCC(=O)OCCOCCOCCOCCNc1cccc2c1C(=O)N(C1CCC(=O)NC1=O)C2=O. The van der Waals surface area contributed by atoms with Crippen molar-refractivity contribution in [3.05, 3.63) is 29.3 Å². The van der Waals surface area contributed by atoms with Crippen molar-refractivity contribution >= 4 is 35.3 Å². The molecule has 0 aromatic heterocycles. The Balaban J connectivity index is 1.31. The average molecular weight is 520 g/mol. The molecule has 12 heteroatoms. The molecule has 2 aliphatic heterocycles. The summed E-state index contributed by atoms with van der Waals surface area (Å²) in [5, 5.41) is 5.29. The number of piperidine rings is 1. The molecule has 4 amide bonds. The molecule has 0 bridgehead atoms. The fraction of sp³-hybridized carbons (Fsp3) is 0.560. The van der Waals surface area contributed by atoms with Crippen molar-refractivity contribution in [3.8, 4) is 0 Å². The van der Waals surface area contributed by atoms with Gasteiger partial charge in [0.1, 0.15) is 12.6 Å². The third kappa shape index (κ3) is 7.81. The maximum absolute atomic E-state index is 13.0. The molecule has 2 aliphatic rings. The van der Waals surface area contributed by atoms with Crippen LogP contribution in [0.25, 0.3) is 0 Å². The van der Waals surface area contributed by atoms with Crippen molar-refractivity contribution in [3.63, 3.8) is 0 Å². The third-order valence-electron chi connectivity index (χ3n) is 5.72. The molecule has 0 spiro atoms. The zero-order chi connectivity index (χ0) is 26.6.